The number of likely N-dealkylation sites (tertiary alicyclic amines) is 1. The first kappa shape index (κ1) is 15.9. The molecule has 0 radical (unpaired) electrons. The fraction of sp³-hybridized carbons (Fsp3) is 0.643. The maximum atomic E-state index is 12.5. The zero-order valence-corrected chi connectivity index (χ0v) is 14.3. The van der Waals surface area contributed by atoms with Crippen LogP contribution in [0.3, 0.4) is 0 Å². The molecule has 1 amide bonds. The number of rotatable bonds is 2. The van der Waals surface area contributed by atoms with Crippen LogP contribution in [0.5, 0.6) is 0 Å². The van der Waals surface area contributed by atoms with E-state index in [0.29, 0.717) is 32.8 Å². The van der Waals surface area contributed by atoms with Crippen LogP contribution < -0.4 is 0 Å². The number of aryl methyl sites for hydroxylation is 1. The average Bonchev–Trinajstić information content (AvgIpc) is 2.98. The second-order valence-electron chi connectivity index (χ2n) is 5.99. The number of carbonyl (C=O) groups is 1. The van der Waals surface area contributed by atoms with Gasteiger partial charge in [-0.3, -0.25) is 4.79 Å². The van der Waals surface area contributed by atoms with Gasteiger partial charge in [-0.15, -0.1) is 11.3 Å². The van der Waals surface area contributed by atoms with Crippen molar-refractivity contribution in [3.8, 4) is 0 Å². The minimum atomic E-state index is -3.22. The molecule has 0 N–H and O–H groups in total. The Labute approximate surface area is 134 Å². The molecule has 2 aliphatic heterocycles. The first-order chi connectivity index (χ1) is 10.3. The van der Waals surface area contributed by atoms with Gasteiger partial charge in [-0.2, -0.15) is 4.31 Å². The predicted octanol–water partition coefficient (Wildman–Crippen LogP) is 0.789. The Morgan fingerprint density at radius 3 is 2.77 bits per heavy atom. The number of hydrogen-bond acceptors (Lipinski definition) is 5. The van der Waals surface area contributed by atoms with E-state index in [2.05, 4.69) is 0 Å². The highest BCUT2D eigenvalue weighted by atomic mass is 32.2. The van der Waals surface area contributed by atoms with Gasteiger partial charge in [0.25, 0.3) is 5.91 Å². The third kappa shape index (κ3) is 3.19. The number of nitrogens with zero attached hydrogens (tertiary/aromatic N) is 2. The molecule has 22 heavy (non-hydrogen) atoms. The molecule has 3 rings (SSSR count). The highest BCUT2D eigenvalue weighted by Crippen LogP contribution is 2.27. The highest BCUT2D eigenvalue weighted by Gasteiger charge is 2.40. The summed E-state index contributed by atoms with van der Waals surface area (Å²) in [4.78, 5) is 15.0. The summed E-state index contributed by atoms with van der Waals surface area (Å²) in [6.07, 6.45) is 1.15. The molecule has 2 saturated heterocycles. The van der Waals surface area contributed by atoms with Gasteiger partial charge in [0.2, 0.25) is 10.0 Å². The summed E-state index contributed by atoms with van der Waals surface area (Å²) >= 11 is 1.45. The van der Waals surface area contributed by atoms with E-state index in [-0.39, 0.29) is 17.9 Å². The topological polar surface area (TPSA) is 66.9 Å². The summed E-state index contributed by atoms with van der Waals surface area (Å²) in [6, 6.07) is 1.89. The zero-order valence-electron chi connectivity index (χ0n) is 12.7. The Balaban J connectivity index is 1.72. The third-order valence-electron chi connectivity index (χ3n) is 4.19. The van der Waals surface area contributed by atoms with Gasteiger partial charge in [-0.1, -0.05) is 0 Å². The molecule has 122 valence electrons. The second-order valence-corrected chi connectivity index (χ2v) is 8.88. The van der Waals surface area contributed by atoms with E-state index in [1.807, 2.05) is 18.4 Å². The molecule has 0 aromatic carbocycles. The van der Waals surface area contributed by atoms with Crippen LogP contribution in [0.4, 0.5) is 0 Å². The quantitative estimate of drug-likeness (QED) is 0.795. The molecule has 0 unspecified atom stereocenters. The molecule has 0 bridgehead atoms. The fourth-order valence-electron chi connectivity index (χ4n) is 3.03. The molecular formula is C14H20N2O4S2. The maximum absolute atomic E-state index is 12.5. The molecule has 0 aliphatic carbocycles. The van der Waals surface area contributed by atoms with Crippen molar-refractivity contribution in [1.29, 1.82) is 0 Å². The largest absolute Gasteiger partial charge is 0.375 e. The van der Waals surface area contributed by atoms with Crippen molar-refractivity contribution in [3.05, 3.63) is 21.9 Å². The number of ether oxygens (including phenoxy) is 1. The van der Waals surface area contributed by atoms with Crippen LogP contribution in [0.1, 0.15) is 15.2 Å². The Morgan fingerprint density at radius 2 is 2.14 bits per heavy atom. The lowest BCUT2D eigenvalue weighted by Gasteiger charge is -2.21. The minimum Gasteiger partial charge on any atom is -0.375 e. The van der Waals surface area contributed by atoms with Crippen molar-refractivity contribution in [2.45, 2.75) is 13.0 Å². The van der Waals surface area contributed by atoms with Gasteiger partial charge in [0, 0.05) is 32.1 Å². The molecule has 6 nitrogen and oxygen atoms in total. The smallest absolute Gasteiger partial charge is 0.264 e. The van der Waals surface area contributed by atoms with Crippen LogP contribution in [0.2, 0.25) is 0 Å². The van der Waals surface area contributed by atoms with Crippen molar-refractivity contribution < 1.29 is 17.9 Å². The van der Waals surface area contributed by atoms with E-state index in [9.17, 15) is 13.2 Å². The van der Waals surface area contributed by atoms with Crippen LogP contribution >= 0.6 is 11.3 Å². The van der Waals surface area contributed by atoms with Gasteiger partial charge in [-0.05, 0) is 23.9 Å². The predicted molar refractivity (Wildman–Crippen MR) is 84.6 cm³/mol. The Kier molecular flexibility index (Phi) is 4.28. The summed E-state index contributed by atoms with van der Waals surface area (Å²) in [7, 11) is -3.22. The molecule has 3 heterocycles. The van der Waals surface area contributed by atoms with Crippen molar-refractivity contribution >= 4 is 27.3 Å². The van der Waals surface area contributed by atoms with Gasteiger partial charge in [0.05, 0.1) is 23.8 Å². The Morgan fingerprint density at radius 1 is 1.36 bits per heavy atom. The van der Waals surface area contributed by atoms with E-state index in [1.54, 1.807) is 4.90 Å². The number of amides is 1. The molecule has 2 fully saturated rings. The van der Waals surface area contributed by atoms with E-state index in [1.165, 1.54) is 21.9 Å². The molecule has 1 aromatic heterocycles. The van der Waals surface area contributed by atoms with E-state index < -0.39 is 10.0 Å². The summed E-state index contributed by atoms with van der Waals surface area (Å²) < 4.78 is 30.8. The summed E-state index contributed by atoms with van der Waals surface area (Å²) in [6.45, 7) is 4.26. The third-order valence-corrected chi connectivity index (χ3v) is 6.50. The van der Waals surface area contributed by atoms with E-state index in [4.69, 9.17) is 4.74 Å². The first-order valence-corrected chi connectivity index (χ1v) is 9.98. The van der Waals surface area contributed by atoms with Gasteiger partial charge in [0.15, 0.2) is 0 Å². The molecular weight excluding hydrogens is 324 g/mol. The lowest BCUT2D eigenvalue weighted by Crippen LogP contribution is -2.37. The van der Waals surface area contributed by atoms with Gasteiger partial charge in [-0.25, -0.2) is 8.42 Å². The number of thiophene rings is 1. The standard InChI is InChI=1S/C14H20N2O4S2/c1-10-5-13(21-9-10)14(17)15-6-11-7-16(22(2,18)19)3-4-20-12(11)8-15/h5,9,11-12H,3-4,6-8H2,1-2H3/t11-,12-/m1/s1. The Hall–Kier alpha value is -0.960. The number of hydrogen-bond donors (Lipinski definition) is 0. The van der Waals surface area contributed by atoms with Crippen LogP contribution in [-0.2, 0) is 14.8 Å². The summed E-state index contributed by atoms with van der Waals surface area (Å²) in [5.74, 6) is 0.0583. The van der Waals surface area contributed by atoms with Gasteiger partial charge in [0.1, 0.15) is 0 Å². The van der Waals surface area contributed by atoms with Crippen molar-refractivity contribution in [2.24, 2.45) is 5.92 Å². The number of fused-ring (bicyclic) bond motifs is 1. The van der Waals surface area contributed by atoms with Crippen LogP contribution in [-0.4, -0.2) is 68.7 Å². The number of sulfonamides is 1. The van der Waals surface area contributed by atoms with Crippen LogP contribution in [0, 0.1) is 12.8 Å². The highest BCUT2D eigenvalue weighted by molar-refractivity contribution is 7.88. The van der Waals surface area contributed by atoms with Gasteiger partial charge >= 0.3 is 0 Å². The normalized spacial score (nSPS) is 26.7. The number of carbonyl (C=O) groups excluding carboxylic acids is 1. The first-order valence-electron chi connectivity index (χ1n) is 7.26. The molecule has 2 aliphatic rings. The minimum absolute atomic E-state index is 0.0145. The van der Waals surface area contributed by atoms with E-state index >= 15 is 0 Å². The second kappa shape index (κ2) is 5.92. The van der Waals surface area contributed by atoms with Crippen LogP contribution in [0.15, 0.2) is 11.4 Å². The molecule has 2 atom stereocenters. The Bertz CT molecular complexity index is 670. The molecule has 0 saturated carbocycles. The molecule has 8 heteroatoms. The SMILES string of the molecule is Cc1csc(C(=O)N2C[C@@H]3CN(S(C)(=O)=O)CCO[C@@H]3C2)c1. The summed E-state index contributed by atoms with van der Waals surface area (Å²) in [5, 5.41) is 1.96. The fourth-order valence-corrected chi connectivity index (χ4v) is 4.76. The van der Waals surface area contributed by atoms with Gasteiger partial charge < -0.3 is 9.64 Å². The van der Waals surface area contributed by atoms with Crippen molar-refractivity contribution in [1.82, 2.24) is 9.21 Å². The van der Waals surface area contributed by atoms with Crippen molar-refractivity contribution in [3.63, 3.8) is 0 Å². The maximum Gasteiger partial charge on any atom is 0.264 e. The zero-order chi connectivity index (χ0) is 15.9. The molecule has 1 aromatic rings. The van der Waals surface area contributed by atoms with Crippen LogP contribution in [0.25, 0.3) is 0 Å². The lowest BCUT2D eigenvalue weighted by molar-refractivity contribution is 0.0493. The lowest BCUT2D eigenvalue weighted by atomic mass is 10.1. The van der Waals surface area contributed by atoms with E-state index in [0.717, 1.165) is 10.4 Å². The molecule has 0 spiro atoms. The average molecular weight is 344 g/mol. The monoisotopic (exact) mass is 344 g/mol. The van der Waals surface area contributed by atoms with Crippen molar-refractivity contribution in [2.75, 3.05) is 39.0 Å². The summed E-state index contributed by atoms with van der Waals surface area (Å²) in [5.41, 5.74) is 1.08.